The van der Waals surface area contributed by atoms with E-state index in [4.69, 9.17) is 0 Å². The largest absolute Gasteiger partial charge is 0.322 e. The van der Waals surface area contributed by atoms with E-state index in [0.717, 1.165) is 11.2 Å². The minimum Gasteiger partial charge on any atom is -0.322 e. The van der Waals surface area contributed by atoms with Gasteiger partial charge in [0.2, 0.25) is 0 Å². The lowest BCUT2D eigenvalue weighted by Crippen LogP contribution is -2.10. The van der Waals surface area contributed by atoms with Gasteiger partial charge >= 0.3 is 0 Å². The average molecular weight is 303 g/mol. The molecule has 2 aromatic heterocycles. The number of amides is 1. The third-order valence-electron chi connectivity index (χ3n) is 3.76. The van der Waals surface area contributed by atoms with Crippen LogP contribution in [-0.4, -0.2) is 15.3 Å². The first-order chi connectivity index (χ1) is 11.2. The normalized spacial score (nSPS) is 11.0. The summed E-state index contributed by atoms with van der Waals surface area (Å²) in [6, 6.07) is 18.2. The van der Waals surface area contributed by atoms with E-state index >= 15 is 0 Å². The molecule has 4 aromatic rings. The lowest BCUT2D eigenvalue weighted by Gasteiger charge is -2.02. The van der Waals surface area contributed by atoms with E-state index in [9.17, 15) is 9.59 Å². The first-order valence-electron chi connectivity index (χ1n) is 7.22. The van der Waals surface area contributed by atoms with Gasteiger partial charge in [0.15, 0.2) is 0 Å². The van der Waals surface area contributed by atoms with Crippen LogP contribution in [0.5, 0.6) is 0 Å². The summed E-state index contributed by atoms with van der Waals surface area (Å²) in [5.41, 5.74) is 2.41. The van der Waals surface area contributed by atoms with Gasteiger partial charge in [-0.15, -0.1) is 0 Å². The maximum absolute atomic E-state index is 12.4. The van der Waals surface area contributed by atoms with Gasteiger partial charge in [-0.05, 0) is 30.3 Å². The van der Waals surface area contributed by atoms with Gasteiger partial charge in [-0.25, -0.2) is 0 Å². The molecule has 23 heavy (non-hydrogen) atoms. The predicted molar refractivity (Wildman–Crippen MR) is 89.9 cm³/mol. The third kappa shape index (κ3) is 2.28. The topological polar surface area (TPSA) is 66.4 Å². The van der Waals surface area contributed by atoms with Crippen molar-refractivity contribution in [1.29, 1.82) is 0 Å². The third-order valence-corrected chi connectivity index (χ3v) is 3.76. The molecule has 0 atom stereocenters. The van der Waals surface area contributed by atoms with Crippen molar-refractivity contribution in [2.45, 2.75) is 0 Å². The van der Waals surface area contributed by atoms with Crippen molar-refractivity contribution >= 4 is 28.1 Å². The second kappa shape index (κ2) is 5.14. The minimum absolute atomic E-state index is 0.166. The lowest BCUT2D eigenvalue weighted by atomic mass is 10.2. The molecule has 112 valence electrons. The molecule has 0 unspecified atom stereocenters. The highest BCUT2D eigenvalue weighted by molar-refractivity contribution is 6.05. The van der Waals surface area contributed by atoms with Crippen LogP contribution >= 0.6 is 0 Å². The molecule has 2 aromatic carbocycles. The van der Waals surface area contributed by atoms with Crippen molar-refractivity contribution in [2.24, 2.45) is 0 Å². The molecule has 2 heterocycles. The Balaban J connectivity index is 1.81. The second-order valence-corrected chi connectivity index (χ2v) is 5.28. The number of hydrogen-bond acceptors (Lipinski definition) is 2. The number of anilines is 1. The molecule has 0 saturated heterocycles. The molecule has 0 bridgehead atoms. The van der Waals surface area contributed by atoms with Crippen molar-refractivity contribution in [3.8, 4) is 0 Å². The van der Waals surface area contributed by atoms with Crippen LogP contribution in [0.4, 0.5) is 5.69 Å². The van der Waals surface area contributed by atoms with Gasteiger partial charge in [0, 0.05) is 11.9 Å². The first kappa shape index (κ1) is 13.3. The van der Waals surface area contributed by atoms with Crippen molar-refractivity contribution < 1.29 is 4.79 Å². The number of carbonyl (C=O) groups is 1. The summed E-state index contributed by atoms with van der Waals surface area (Å²) < 4.78 is 1.82. The number of benzene rings is 2. The SMILES string of the molecule is O=C(Nc1ccccc1)c1cc2[nH]c(=O)c3ccccc3n2c1. The fourth-order valence-electron chi connectivity index (χ4n) is 2.67. The fraction of sp³-hybridized carbons (Fsp3) is 0. The van der Waals surface area contributed by atoms with Crippen LogP contribution in [0.15, 0.2) is 71.7 Å². The number of aromatic amines is 1. The summed E-state index contributed by atoms with van der Waals surface area (Å²) in [5, 5.41) is 3.43. The van der Waals surface area contributed by atoms with Gasteiger partial charge in [0.1, 0.15) is 5.65 Å². The number of rotatable bonds is 2. The van der Waals surface area contributed by atoms with Crippen LogP contribution in [0.3, 0.4) is 0 Å². The Labute approximate surface area is 131 Å². The Hall–Kier alpha value is -3.34. The lowest BCUT2D eigenvalue weighted by molar-refractivity contribution is 0.102. The van der Waals surface area contributed by atoms with Gasteiger partial charge in [0.05, 0.1) is 16.5 Å². The van der Waals surface area contributed by atoms with E-state index in [1.54, 1.807) is 18.3 Å². The van der Waals surface area contributed by atoms with Gasteiger partial charge in [-0.3, -0.25) is 9.59 Å². The number of H-pyrrole nitrogens is 1. The number of carbonyl (C=O) groups excluding carboxylic acids is 1. The van der Waals surface area contributed by atoms with Crippen LogP contribution in [0.25, 0.3) is 16.6 Å². The van der Waals surface area contributed by atoms with Crippen molar-refractivity contribution in [3.05, 3.63) is 82.8 Å². The zero-order valence-corrected chi connectivity index (χ0v) is 12.1. The van der Waals surface area contributed by atoms with Gasteiger partial charge in [-0.1, -0.05) is 30.3 Å². The predicted octanol–water partition coefficient (Wildman–Crippen LogP) is 3.03. The van der Waals surface area contributed by atoms with Crippen LogP contribution in [0, 0.1) is 0 Å². The number of fused-ring (bicyclic) bond motifs is 3. The van der Waals surface area contributed by atoms with Crippen LogP contribution in [0.2, 0.25) is 0 Å². The molecule has 4 rings (SSSR count). The monoisotopic (exact) mass is 303 g/mol. The molecule has 1 amide bonds. The maximum Gasteiger partial charge on any atom is 0.258 e. The molecule has 0 radical (unpaired) electrons. The summed E-state index contributed by atoms with van der Waals surface area (Å²) >= 11 is 0. The number of nitrogens with one attached hydrogen (secondary N) is 2. The minimum atomic E-state index is -0.218. The Morgan fingerprint density at radius 1 is 1.00 bits per heavy atom. The van der Waals surface area contributed by atoms with Gasteiger partial charge < -0.3 is 14.7 Å². The molecule has 0 spiro atoms. The first-order valence-corrected chi connectivity index (χ1v) is 7.22. The summed E-state index contributed by atoms with van der Waals surface area (Å²) in [4.78, 5) is 27.3. The highest BCUT2D eigenvalue weighted by Crippen LogP contribution is 2.16. The van der Waals surface area contributed by atoms with E-state index in [2.05, 4.69) is 10.3 Å². The fourth-order valence-corrected chi connectivity index (χ4v) is 2.67. The molecule has 0 aliphatic rings. The van der Waals surface area contributed by atoms with Crippen LogP contribution < -0.4 is 10.9 Å². The van der Waals surface area contributed by atoms with Crippen LogP contribution in [-0.2, 0) is 0 Å². The number of hydrogen-bond donors (Lipinski definition) is 2. The molecule has 0 fully saturated rings. The Morgan fingerprint density at radius 3 is 2.57 bits per heavy atom. The Bertz CT molecular complexity index is 1080. The number of para-hydroxylation sites is 2. The summed E-state index contributed by atoms with van der Waals surface area (Å²) in [5.74, 6) is -0.218. The van der Waals surface area contributed by atoms with Gasteiger partial charge in [0.25, 0.3) is 11.5 Å². The zero-order chi connectivity index (χ0) is 15.8. The van der Waals surface area contributed by atoms with Crippen molar-refractivity contribution in [1.82, 2.24) is 9.38 Å². The van der Waals surface area contributed by atoms with Crippen molar-refractivity contribution in [3.63, 3.8) is 0 Å². The molecule has 5 nitrogen and oxygen atoms in total. The van der Waals surface area contributed by atoms with E-state index in [0.29, 0.717) is 16.6 Å². The summed E-state index contributed by atoms with van der Waals surface area (Å²) in [7, 11) is 0. The van der Waals surface area contributed by atoms with Crippen LogP contribution in [0.1, 0.15) is 10.4 Å². The zero-order valence-electron chi connectivity index (χ0n) is 12.1. The van der Waals surface area contributed by atoms with Gasteiger partial charge in [-0.2, -0.15) is 0 Å². The standard InChI is InChI=1S/C18H13N3O2/c22-17(19-13-6-2-1-3-7-13)12-10-16-20-18(23)14-8-4-5-9-15(14)21(16)11-12/h1-11H,(H,19,22)(H,20,23). The van der Waals surface area contributed by atoms with E-state index < -0.39 is 0 Å². The smallest absolute Gasteiger partial charge is 0.258 e. The quantitative estimate of drug-likeness (QED) is 0.598. The molecular formula is C18H13N3O2. The number of aromatic nitrogens is 2. The Kier molecular flexibility index (Phi) is 2.98. The maximum atomic E-state index is 12.4. The van der Waals surface area contributed by atoms with E-state index in [1.165, 1.54) is 0 Å². The molecule has 5 heteroatoms. The summed E-state index contributed by atoms with van der Waals surface area (Å²) in [6.45, 7) is 0. The number of nitrogens with zero attached hydrogens (tertiary/aromatic N) is 1. The van der Waals surface area contributed by atoms with E-state index in [-0.39, 0.29) is 11.5 Å². The molecule has 2 N–H and O–H groups in total. The highest BCUT2D eigenvalue weighted by atomic mass is 16.1. The highest BCUT2D eigenvalue weighted by Gasteiger charge is 2.12. The molecule has 0 aliphatic carbocycles. The Morgan fingerprint density at radius 2 is 1.74 bits per heavy atom. The van der Waals surface area contributed by atoms with Crippen molar-refractivity contribution in [2.75, 3.05) is 5.32 Å². The average Bonchev–Trinajstić information content (AvgIpc) is 3.00. The van der Waals surface area contributed by atoms with E-state index in [1.807, 2.05) is 52.9 Å². The second-order valence-electron chi connectivity index (χ2n) is 5.28. The summed E-state index contributed by atoms with van der Waals surface area (Å²) in [6.07, 6.45) is 1.73. The molecule has 0 aliphatic heterocycles. The molecule has 0 saturated carbocycles. The molecular weight excluding hydrogens is 290 g/mol.